The lowest BCUT2D eigenvalue weighted by atomic mass is 10.2. The maximum atomic E-state index is 10.9. The Hall–Kier alpha value is -2.08. The Morgan fingerprint density at radius 2 is 2.00 bits per heavy atom. The van der Waals surface area contributed by atoms with Crippen molar-refractivity contribution in [3.8, 4) is 0 Å². The van der Waals surface area contributed by atoms with E-state index in [0.717, 1.165) is 10.2 Å². The van der Waals surface area contributed by atoms with E-state index in [4.69, 9.17) is 10.8 Å². The van der Waals surface area contributed by atoms with Gasteiger partial charge in [0.2, 0.25) is 0 Å². The number of anilines is 3. The third-order valence-electron chi connectivity index (χ3n) is 2.28. The average Bonchev–Trinajstić information content (AvgIpc) is 2.34. The minimum atomic E-state index is -1.08. The normalized spacial score (nSPS) is 10.1. The standard InChI is InChI=1S/C12H10BrN3O2/c13-7-1-3-8(4-2-7)16-11-5-9(12(17)18)10(14)6-15-11/h1-6H,14H2,(H,15,16)(H,17,18). The summed E-state index contributed by atoms with van der Waals surface area (Å²) in [6.07, 6.45) is 1.32. The zero-order chi connectivity index (χ0) is 13.1. The number of benzene rings is 1. The van der Waals surface area contributed by atoms with Crippen LogP contribution in [0.5, 0.6) is 0 Å². The fourth-order valence-electron chi connectivity index (χ4n) is 1.40. The number of nitrogens with two attached hydrogens (primary N) is 1. The second-order valence-corrected chi connectivity index (χ2v) is 4.51. The average molecular weight is 308 g/mol. The number of aromatic carboxylic acids is 1. The molecule has 0 atom stereocenters. The fraction of sp³-hybridized carbons (Fsp3) is 0. The van der Waals surface area contributed by atoms with Gasteiger partial charge in [0.1, 0.15) is 5.82 Å². The van der Waals surface area contributed by atoms with Crippen molar-refractivity contribution in [1.29, 1.82) is 0 Å². The van der Waals surface area contributed by atoms with Crippen molar-refractivity contribution < 1.29 is 9.90 Å². The van der Waals surface area contributed by atoms with Crippen LogP contribution in [0.1, 0.15) is 10.4 Å². The van der Waals surface area contributed by atoms with Crippen LogP contribution in [-0.4, -0.2) is 16.1 Å². The van der Waals surface area contributed by atoms with Gasteiger partial charge in [0.05, 0.1) is 17.4 Å². The Bertz CT molecular complexity index is 584. The number of carboxylic acid groups (broad SMARTS) is 1. The molecule has 0 saturated carbocycles. The number of halogens is 1. The molecule has 1 aromatic heterocycles. The number of carbonyl (C=O) groups is 1. The zero-order valence-electron chi connectivity index (χ0n) is 9.22. The van der Waals surface area contributed by atoms with E-state index in [0.29, 0.717) is 5.82 Å². The molecule has 0 fully saturated rings. The summed E-state index contributed by atoms with van der Waals surface area (Å²) in [5, 5.41) is 12.0. The first kappa shape index (κ1) is 12.4. The molecule has 92 valence electrons. The first-order valence-electron chi connectivity index (χ1n) is 5.07. The summed E-state index contributed by atoms with van der Waals surface area (Å²) in [7, 11) is 0. The van der Waals surface area contributed by atoms with Crippen LogP contribution in [-0.2, 0) is 0 Å². The van der Waals surface area contributed by atoms with Crippen LogP contribution in [0, 0.1) is 0 Å². The smallest absolute Gasteiger partial charge is 0.337 e. The molecule has 6 heteroatoms. The Kier molecular flexibility index (Phi) is 3.47. The molecule has 1 heterocycles. The molecule has 1 aromatic carbocycles. The first-order valence-corrected chi connectivity index (χ1v) is 5.87. The monoisotopic (exact) mass is 307 g/mol. The second kappa shape index (κ2) is 5.05. The van der Waals surface area contributed by atoms with Crippen LogP contribution >= 0.6 is 15.9 Å². The van der Waals surface area contributed by atoms with Crippen LogP contribution in [0.4, 0.5) is 17.2 Å². The lowest BCUT2D eigenvalue weighted by Crippen LogP contribution is -2.05. The maximum absolute atomic E-state index is 10.9. The zero-order valence-corrected chi connectivity index (χ0v) is 10.8. The highest BCUT2D eigenvalue weighted by molar-refractivity contribution is 9.10. The summed E-state index contributed by atoms with van der Waals surface area (Å²) < 4.78 is 0.963. The van der Waals surface area contributed by atoms with Crippen molar-refractivity contribution in [3.05, 3.63) is 46.6 Å². The SMILES string of the molecule is Nc1cnc(Nc2ccc(Br)cc2)cc1C(=O)O. The molecule has 5 nitrogen and oxygen atoms in total. The van der Waals surface area contributed by atoms with Crippen LogP contribution in [0.25, 0.3) is 0 Å². The summed E-state index contributed by atoms with van der Waals surface area (Å²) in [5.41, 5.74) is 6.51. The van der Waals surface area contributed by atoms with Crippen LogP contribution in [0.2, 0.25) is 0 Å². The fourth-order valence-corrected chi connectivity index (χ4v) is 1.66. The second-order valence-electron chi connectivity index (χ2n) is 3.59. The molecular formula is C12H10BrN3O2. The van der Waals surface area contributed by atoms with Crippen molar-refractivity contribution >= 4 is 39.1 Å². The third-order valence-corrected chi connectivity index (χ3v) is 2.81. The number of nitrogens with one attached hydrogen (secondary N) is 1. The van der Waals surface area contributed by atoms with E-state index in [1.807, 2.05) is 24.3 Å². The lowest BCUT2D eigenvalue weighted by Gasteiger charge is -2.07. The number of aromatic nitrogens is 1. The molecule has 0 spiro atoms. The number of nitrogen functional groups attached to an aromatic ring is 1. The van der Waals surface area contributed by atoms with E-state index in [1.165, 1.54) is 12.3 Å². The van der Waals surface area contributed by atoms with Gasteiger partial charge in [-0.1, -0.05) is 15.9 Å². The summed E-state index contributed by atoms with van der Waals surface area (Å²) >= 11 is 3.33. The van der Waals surface area contributed by atoms with Gasteiger partial charge < -0.3 is 16.2 Å². The van der Waals surface area contributed by atoms with Gasteiger partial charge in [-0.15, -0.1) is 0 Å². The highest BCUT2D eigenvalue weighted by Gasteiger charge is 2.09. The first-order chi connectivity index (χ1) is 8.56. The van der Waals surface area contributed by atoms with E-state index in [9.17, 15) is 4.79 Å². The Balaban J connectivity index is 2.27. The van der Waals surface area contributed by atoms with Crippen molar-refractivity contribution in [3.63, 3.8) is 0 Å². The van der Waals surface area contributed by atoms with E-state index >= 15 is 0 Å². The minimum Gasteiger partial charge on any atom is -0.478 e. The highest BCUT2D eigenvalue weighted by Crippen LogP contribution is 2.20. The third kappa shape index (κ3) is 2.78. The van der Waals surface area contributed by atoms with E-state index in [-0.39, 0.29) is 11.3 Å². The topological polar surface area (TPSA) is 88.2 Å². The quantitative estimate of drug-likeness (QED) is 0.811. The van der Waals surface area contributed by atoms with Crippen LogP contribution < -0.4 is 11.1 Å². The molecule has 0 aliphatic heterocycles. The number of nitrogens with zero attached hydrogens (tertiary/aromatic N) is 1. The van der Waals surface area contributed by atoms with Gasteiger partial charge in [-0.3, -0.25) is 0 Å². The molecule has 0 aliphatic carbocycles. The summed E-state index contributed by atoms with van der Waals surface area (Å²) in [5.74, 6) is -0.641. The molecule has 0 saturated heterocycles. The molecule has 2 aromatic rings. The number of hydrogen-bond donors (Lipinski definition) is 3. The molecular weight excluding hydrogens is 298 g/mol. The summed E-state index contributed by atoms with van der Waals surface area (Å²) in [4.78, 5) is 15.0. The van der Waals surface area contributed by atoms with Gasteiger partial charge in [-0.2, -0.15) is 0 Å². The predicted octanol–water partition coefficient (Wildman–Crippen LogP) is 2.87. The van der Waals surface area contributed by atoms with Crippen molar-refractivity contribution in [2.45, 2.75) is 0 Å². The van der Waals surface area contributed by atoms with Crippen LogP contribution in [0.15, 0.2) is 41.0 Å². The Morgan fingerprint density at radius 3 is 2.61 bits per heavy atom. The summed E-state index contributed by atoms with van der Waals surface area (Å²) in [6, 6.07) is 8.85. The van der Waals surface area contributed by atoms with Crippen LogP contribution in [0.3, 0.4) is 0 Å². The Labute approximate surface area is 112 Å². The lowest BCUT2D eigenvalue weighted by molar-refractivity contribution is 0.0698. The molecule has 18 heavy (non-hydrogen) atoms. The van der Waals surface area contributed by atoms with E-state index in [2.05, 4.69) is 26.2 Å². The Morgan fingerprint density at radius 1 is 1.33 bits per heavy atom. The van der Waals surface area contributed by atoms with Crippen molar-refractivity contribution in [2.24, 2.45) is 0 Å². The number of hydrogen-bond acceptors (Lipinski definition) is 4. The van der Waals surface area contributed by atoms with E-state index < -0.39 is 5.97 Å². The predicted molar refractivity (Wildman–Crippen MR) is 73.0 cm³/mol. The molecule has 0 radical (unpaired) electrons. The number of carboxylic acids is 1. The van der Waals surface area contributed by atoms with Gasteiger partial charge in [0.25, 0.3) is 0 Å². The van der Waals surface area contributed by atoms with Crippen molar-refractivity contribution in [1.82, 2.24) is 4.98 Å². The molecule has 4 N–H and O–H groups in total. The number of rotatable bonds is 3. The van der Waals surface area contributed by atoms with E-state index in [1.54, 1.807) is 0 Å². The highest BCUT2D eigenvalue weighted by atomic mass is 79.9. The van der Waals surface area contributed by atoms with Crippen molar-refractivity contribution in [2.75, 3.05) is 11.1 Å². The number of pyridine rings is 1. The minimum absolute atomic E-state index is 0.0320. The van der Waals surface area contributed by atoms with Gasteiger partial charge in [-0.05, 0) is 30.3 Å². The summed E-state index contributed by atoms with van der Waals surface area (Å²) in [6.45, 7) is 0. The molecule has 0 bridgehead atoms. The van der Waals surface area contributed by atoms with Gasteiger partial charge in [0.15, 0.2) is 0 Å². The van der Waals surface area contributed by atoms with Gasteiger partial charge in [-0.25, -0.2) is 9.78 Å². The molecule has 0 unspecified atom stereocenters. The molecule has 0 aliphatic rings. The maximum Gasteiger partial charge on any atom is 0.337 e. The largest absolute Gasteiger partial charge is 0.478 e. The molecule has 2 rings (SSSR count). The van der Waals surface area contributed by atoms with Gasteiger partial charge >= 0.3 is 5.97 Å². The van der Waals surface area contributed by atoms with Gasteiger partial charge in [0, 0.05) is 10.2 Å². The molecule has 0 amide bonds.